The third kappa shape index (κ3) is 2.84. The van der Waals surface area contributed by atoms with Crippen LogP contribution in [0, 0.1) is 0 Å². The second-order valence-corrected chi connectivity index (χ2v) is 10.2. The fourth-order valence-corrected chi connectivity index (χ4v) is 5.72. The smallest absolute Gasteiger partial charge is 0.128 e. The van der Waals surface area contributed by atoms with E-state index in [2.05, 4.69) is 98.6 Å². The molecule has 0 spiro atoms. The quantitative estimate of drug-likeness (QED) is 0.269. The minimum atomic E-state index is 0.0329. The number of hydrogen-bond acceptors (Lipinski definition) is 3. The van der Waals surface area contributed by atoms with Gasteiger partial charge in [0.05, 0.1) is 5.69 Å². The molecule has 6 rings (SSSR count). The Morgan fingerprint density at radius 1 is 0.710 bits per heavy atom. The van der Waals surface area contributed by atoms with Crippen LogP contribution in [0.2, 0.25) is 0 Å². The van der Waals surface area contributed by atoms with E-state index in [4.69, 9.17) is 4.98 Å². The molecule has 31 heavy (non-hydrogen) atoms. The van der Waals surface area contributed by atoms with Gasteiger partial charge in [-0.2, -0.15) is 0 Å². The molecule has 0 N–H and O–H groups in total. The van der Waals surface area contributed by atoms with Gasteiger partial charge in [-0.05, 0) is 50.7 Å². The number of benzene rings is 4. The van der Waals surface area contributed by atoms with Crippen molar-refractivity contribution < 1.29 is 0 Å². The lowest BCUT2D eigenvalue weighted by Crippen LogP contribution is -2.12. The summed E-state index contributed by atoms with van der Waals surface area (Å²) >= 11 is 1.75. The van der Waals surface area contributed by atoms with Gasteiger partial charge >= 0.3 is 0 Å². The SMILES string of the molecule is CC(C)(C)c1cc(-c2ncnc3sc4ccc5ccccc5c4c23)cc2ccccc12. The fourth-order valence-electron chi connectivity index (χ4n) is 4.66. The summed E-state index contributed by atoms with van der Waals surface area (Å²) in [4.78, 5) is 10.5. The summed E-state index contributed by atoms with van der Waals surface area (Å²) in [6, 6.07) is 26.3. The van der Waals surface area contributed by atoms with E-state index < -0.39 is 0 Å². The zero-order valence-electron chi connectivity index (χ0n) is 17.8. The molecule has 0 fully saturated rings. The van der Waals surface area contributed by atoms with E-state index >= 15 is 0 Å². The first kappa shape index (κ1) is 18.5. The highest BCUT2D eigenvalue weighted by Crippen LogP contribution is 2.42. The average Bonchev–Trinajstić information content (AvgIpc) is 3.17. The van der Waals surface area contributed by atoms with Crippen molar-refractivity contribution in [2.75, 3.05) is 0 Å². The molecule has 2 aromatic heterocycles. The summed E-state index contributed by atoms with van der Waals surface area (Å²) < 4.78 is 1.26. The molecular weight excluding hydrogens is 396 g/mol. The van der Waals surface area contributed by atoms with Gasteiger partial charge in [-0.3, -0.25) is 0 Å². The zero-order chi connectivity index (χ0) is 21.2. The Bertz CT molecular complexity index is 1620. The molecule has 0 aliphatic heterocycles. The molecule has 0 amide bonds. The molecule has 0 unspecified atom stereocenters. The lowest BCUT2D eigenvalue weighted by atomic mass is 9.82. The van der Waals surface area contributed by atoms with Crippen LogP contribution in [-0.4, -0.2) is 9.97 Å². The van der Waals surface area contributed by atoms with Gasteiger partial charge in [0.1, 0.15) is 11.2 Å². The summed E-state index contributed by atoms with van der Waals surface area (Å²) in [6.07, 6.45) is 1.71. The van der Waals surface area contributed by atoms with E-state index in [1.54, 1.807) is 17.7 Å². The molecule has 0 atom stereocenters. The van der Waals surface area contributed by atoms with Crippen molar-refractivity contribution in [3.8, 4) is 11.3 Å². The van der Waals surface area contributed by atoms with E-state index in [-0.39, 0.29) is 5.41 Å². The molecule has 0 radical (unpaired) electrons. The van der Waals surface area contributed by atoms with Crippen molar-refractivity contribution in [1.82, 2.24) is 9.97 Å². The standard InChI is InChI=1S/C28H22N2S/c1-28(2,3)22-15-19(14-18-9-5-6-10-20(18)22)26-25-24-21-11-7-4-8-17(21)12-13-23(24)31-27(25)30-16-29-26/h4-16H,1-3H3. The molecule has 2 nitrogen and oxygen atoms in total. The van der Waals surface area contributed by atoms with Crippen molar-refractivity contribution >= 4 is 53.2 Å². The molecule has 6 aromatic rings. The Balaban J connectivity index is 1.77. The highest BCUT2D eigenvalue weighted by Gasteiger charge is 2.21. The molecule has 150 valence electrons. The minimum Gasteiger partial charge on any atom is -0.236 e. The second kappa shape index (κ2) is 6.60. The van der Waals surface area contributed by atoms with E-state index in [0.29, 0.717) is 0 Å². The van der Waals surface area contributed by atoms with Gasteiger partial charge in [0.15, 0.2) is 0 Å². The predicted octanol–water partition coefficient (Wildman–Crippen LogP) is 8.12. The van der Waals surface area contributed by atoms with Crippen LogP contribution in [0.4, 0.5) is 0 Å². The van der Waals surface area contributed by atoms with Crippen molar-refractivity contribution in [2.45, 2.75) is 26.2 Å². The average molecular weight is 419 g/mol. The van der Waals surface area contributed by atoms with Gasteiger partial charge in [0.2, 0.25) is 0 Å². The predicted molar refractivity (Wildman–Crippen MR) is 134 cm³/mol. The Kier molecular flexibility index (Phi) is 3.93. The molecule has 0 bridgehead atoms. The van der Waals surface area contributed by atoms with E-state index in [1.165, 1.54) is 37.2 Å². The maximum Gasteiger partial charge on any atom is 0.128 e. The summed E-state index contributed by atoms with van der Waals surface area (Å²) in [5, 5.41) is 7.50. The number of rotatable bonds is 1. The van der Waals surface area contributed by atoms with Crippen LogP contribution >= 0.6 is 11.3 Å². The summed E-state index contributed by atoms with van der Waals surface area (Å²) in [7, 11) is 0. The van der Waals surface area contributed by atoms with Gasteiger partial charge in [-0.25, -0.2) is 9.97 Å². The summed E-state index contributed by atoms with van der Waals surface area (Å²) in [5.74, 6) is 0. The Morgan fingerprint density at radius 2 is 1.45 bits per heavy atom. The monoisotopic (exact) mass is 418 g/mol. The Morgan fingerprint density at radius 3 is 2.26 bits per heavy atom. The lowest BCUT2D eigenvalue weighted by Gasteiger charge is -2.22. The molecule has 0 aliphatic rings. The number of hydrogen-bond donors (Lipinski definition) is 0. The highest BCUT2D eigenvalue weighted by molar-refractivity contribution is 7.25. The molecule has 0 saturated carbocycles. The van der Waals surface area contributed by atoms with Crippen molar-refractivity contribution in [3.63, 3.8) is 0 Å². The Hall–Kier alpha value is -3.30. The number of fused-ring (bicyclic) bond motifs is 6. The van der Waals surface area contributed by atoms with Crippen LogP contribution in [0.5, 0.6) is 0 Å². The second-order valence-electron chi connectivity index (χ2n) is 9.16. The molecule has 4 aromatic carbocycles. The van der Waals surface area contributed by atoms with E-state index in [1.807, 2.05) is 0 Å². The molecule has 3 heteroatoms. The fraction of sp³-hybridized carbons (Fsp3) is 0.143. The van der Waals surface area contributed by atoms with Crippen LogP contribution in [0.1, 0.15) is 26.3 Å². The molecule has 2 heterocycles. The van der Waals surface area contributed by atoms with Gasteiger partial charge < -0.3 is 0 Å². The molecule has 0 saturated heterocycles. The van der Waals surface area contributed by atoms with Crippen molar-refractivity contribution in [1.29, 1.82) is 0 Å². The topological polar surface area (TPSA) is 25.8 Å². The normalized spacial score (nSPS) is 12.4. The van der Waals surface area contributed by atoms with Crippen molar-refractivity contribution in [2.24, 2.45) is 0 Å². The third-order valence-electron chi connectivity index (χ3n) is 6.10. The summed E-state index contributed by atoms with van der Waals surface area (Å²) in [6.45, 7) is 6.84. The van der Waals surface area contributed by atoms with Crippen LogP contribution in [0.15, 0.2) is 79.1 Å². The van der Waals surface area contributed by atoms with Gasteiger partial charge in [0, 0.05) is 21.0 Å². The van der Waals surface area contributed by atoms with E-state index in [9.17, 15) is 0 Å². The first-order valence-corrected chi connectivity index (χ1v) is 11.4. The van der Waals surface area contributed by atoms with Crippen LogP contribution in [0.3, 0.4) is 0 Å². The molecular formula is C28H22N2S. The minimum absolute atomic E-state index is 0.0329. The van der Waals surface area contributed by atoms with E-state index in [0.717, 1.165) is 21.5 Å². The first-order chi connectivity index (χ1) is 15.0. The zero-order valence-corrected chi connectivity index (χ0v) is 18.6. The van der Waals surface area contributed by atoms with Crippen LogP contribution in [0.25, 0.3) is 53.1 Å². The van der Waals surface area contributed by atoms with Gasteiger partial charge in [-0.1, -0.05) is 75.4 Å². The van der Waals surface area contributed by atoms with Gasteiger partial charge in [0.25, 0.3) is 0 Å². The van der Waals surface area contributed by atoms with Crippen LogP contribution in [-0.2, 0) is 5.41 Å². The maximum atomic E-state index is 4.83. The van der Waals surface area contributed by atoms with Crippen molar-refractivity contribution in [3.05, 3.63) is 84.7 Å². The number of nitrogens with zero attached hydrogens (tertiary/aromatic N) is 2. The summed E-state index contributed by atoms with van der Waals surface area (Å²) in [5.41, 5.74) is 3.55. The number of thiophene rings is 1. The third-order valence-corrected chi connectivity index (χ3v) is 7.17. The number of aromatic nitrogens is 2. The lowest BCUT2D eigenvalue weighted by molar-refractivity contribution is 0.596. The maximum absolute atomic E-state index is 4.83. The Labute approximate surface area is 185 Å². The molecule has 0 aliphatic carbocycles. The van der Waals surface area contributed by atoms with Gasteiger partial charge in [-0.15, -0.1) is 11.3 Å². The first-order valence-electron chi connectivity index (χ1n) is 10.6. The largest absolute Gasteiger partial charge is 0.236 e. The highest BCUT2D eigenvalue weighted by atomic mass is 32.1. The van der Waals surface area contributed by atoms with Crippen LogP contribution < -0.4 is 0 Å².